The number of para-hydroxylation sites is 1. The summed E-state index contributed by atoms with van der Waals surface area (Å²) in [6.07, 6.45) is 3.99. The number of nitrogens with zero attached hydrogens (tertiary/aromatic N) is 1. The number of carbonyl (C=O) groups excluding carboxylic acids is 1. The molecule has 6 heteroatoms. The zero-order chi connectivity index (χ0) is 20.7. The Hall–Kier alpha value is -1.89. The van der Waals surface area contributed by atoms with Crippen molar-refractivity contribution in [3.8, 4) is 0 Å². The van der Waals surface area contributed by atoms with Crippen LogP contribution in [0.15, 0.2) is 24.3 Å². The lowest BCUT2D eigenvalue weighted by molar-refractivity contribution is -0.167. The van der Waals surface area contributed by atoms with E-state index in [1.54, 1.807) is 14.2 Å². The van der Waals surface area contributed by atoms with E-state index in [0.29, 0.717) is 25.0 Å². The van der Waals surface area contributed by atoms with Crippen molar-refractivity contribution in [3.05, 3.63) is 35.5 Å². The molecule has 4 aliphatic rings. The zero-order valence-corrected chi connectivity index (χ0v) is 18.0. The number of methoxy groups -OCH3 is 2. The van der Waals surface area contributed by atoms with Gasteiger partial charge in [0.2, 0.25) is 0 Å². The molecule has 1 aromatic heterocycles. The van der Waals surface area contributed by atoms with Crippen molar-refractivity contribution in [2.75, 3.05) is 47.1 Å². The largest absolute Gasteiger partial charge is 0.462 e. The Labute approximate surface area is 177 Å². The van der Waals surface area contributed by atoms with Gasteiger partial charge < -0.3 is 19.2 Å². The predicted octanol–water partition coefficient (Wildman–Crippen LogP) is 2.90. The molecule has 1 saturated carbocycles. The number of hydrogen-bond acceptors (Lipinski definition) is 5. The van der Waals surface area contributed by atoms with Crippen LogP contribution in [-0.4, -0.2) is 69.0 Å². The van der Waals surface area contributed by atoms with Gasteiger partial charge in [-0.15, -0.1) is 0 Å². The smallest absolute Gasteiger partial charge is 0.319 e. The molecule has 3 fully saturated rings. The minimum atomic E-state index is -0.641. The highest BCUT2D eigenvalue weighted by Gasteiger charge is 2.63. The van der Waals surface area contributed by atoms with Crippen molar-refractivity contribution in [2.24, 2.45) is 11.8 Å². The van der Waals surface area contributed by atoms with Crippen molar-refractivity contribution < 1.29 is 19.0 Å². The minimum Gasteiger partial charge on any atom is -0.462 e. The Kier molecular flexibility index (Phi) is 5.33. The first-order valence-electron chi connectivity index (χ1n) is 11.2. The van der Waals surface area contributed by atoms with Crippen molar-refractivity contribution in [1.82, 2.24) is 9.88 Å². The van der Waals surface area contributed by atoms with Gasteiger partial charge in [0.1, 0.15) is 12.0 Å². The molecule has 3 aliphatic heterocycles. The molecular weight excluding hydrogens is 380 g/mol. The summed E-state index contributed by atoms with van der Waals surface area (Å²) in [5.41, 5.74) is 2.88. The van der Waals surface area contributed by atoms with Crippen molar-refractivity contribution in [1.29, 1.82) is 0 Å². The fourth-order valence-electron chi connectivity index (χ4n) is 6.59. The van der Waals surface area contributed by atoms with Gasteiger partial charge in [-0.3, -0.25) is 9.69 Å². The summed E-state index contributed by atoms with van der Waals surface area (Å²) in [7, 11) is 3.40. The SMILES string of the molecule is COCCOC(=O)[C@@]12C[C@H]3C[C@H](CCOC)[C@@H]1N(CCc1c2[nH]c2ccccc12)C3. The van der Waals surface area contributed by atoms with Crippen molar-refractivity contribution in [2.45, 2.75) is 37.1 Å². The number of aromatic amines is 1. The van der Waals surface area contributed by atoms with Crippen LogP contribution in [0.2, 0.25) is 0 Å². The molecule has 5 atom stereocenters. The molecule has 6 nitrogen and oxygen atoms in total. The van der Waals surface area contributed by atoms with Crippen molar-refractivity contribution in [3.63, 3.8) is 0 Å². The summed E-state index contributed by atoms with van der Waals surface area (Å²) >= 11 is 0. The van der Waals surface area contributed by atoms with Crippen LogP contribution in [-0.2, 0) is 30.8 Å². The summed E-state index contributed by atoms with van der Waals surface area (Å²) in [5, 5.41) is 1.25. The number of fused-ring (bicyclic) bond motifs is 4. The van der Waals surface area contributed by atoms with Crippen LogP contribution in [0.3, 0.4) is 0 Å². The number of nitrogens with one attached hydrogen (secondary N) is 1. The second-order valence-corrected chi connectivity index (χ2v) is 9.16. The van der Waals surface area contributed by atoms with Gasteiger partial charge in [-0.1, -0.05) is 18.2 Å². The molecular formula is C24H32N2O4. The Morgan fingerprint density at radius 2 is 2.03 bits per heavy atom. The minimum absolute atomic E-state index is 0.0870. The zero-order valence-electron chi connectivity index (χ0n) is 18.0. The summed E-state index contributed by atoms with van der Waals surface area (Å²) in [6.45, 7) is 3.53. The molecule has 6 rings (SSSR count). The molecule has 4 bridgehead atoms. The maximum absolute atomic E-state index is 13.9. The van der Waals surface area contributed by atoms with Crippen LogP contribution in [0.5, 0.6) is 0 Å². The fourth-order valence-corrected chi connectivity index (χ4v) is 6.59. The van der Waals surface area contributed by atoms with E-state index in [2.05, 4.69) is 34.1 Å². The van der Waals surface area contributed by atoms with Crippen LogP contribution >= 0.6 is 0 Å². The first kappa shape index (κ1) is 20.0. The number of benzene rings is 1. The average Bonchev–Trinajstić information content (AvgIpc) is 3.10. The number of piperidine rings is 2. The quantitative estimate of drug-likeness (QED) is 0.560. The lowest BCUT2D eigenvalue weighted by atomic mass is 9.56. The maximum atomic E-state index is 13.9. The number of esters is 1. The van der Waals surface area contributed by atoms with E-state index in [1.165, 1.54) is 17.4 Å². The lowest BCUT2D eigenvalue weighted by Gasteiger charge is -2.58. The second kappa shape index (κ2) is 7.98. The summed E-state index contributed by atoms with van der Waals surface area (Å²) < 4.78 is 16.5. The number of carbonyl (C=O) groups is 1. The first-order chi connectivity index (χ1) is 14.7. The Balaban J connectivity index is 1.65. The summed E-state index contributed by atoms with van der Waals surface area (Å²) in [6, 6.07) is 8.60. The van der Waals surface area contributed by atoms with Crippen LogP contribution in [0, 0.1) is 11.8 Å². The molecule has 1 aromatic carbocycles. The molecule has 1 unspecified atom stereocenters. The number of H-pyrrole nitrogens is 1. The van der Waals surface area contributed by atoms with Gasteiger partial charge in [-0.25, -0.2) is 0 Å². The third-order valence-corrected chi connectivity index (χ3v) is 7.57. The molecule has 0 spiro atoms. The Morgan fingerprint density at radius 3 is 2.87 bits per heavy atom. The molecule has 4 heterocycles. The molecule has 162 valence electrons. The van der Waals surface area contributed by atoms with E-state index in [1.807, 2.05) is 0 Å². The monoisotopic (exact) mass is 412 g/mol. The van der Waals surface area contributed by atoms with Crippen LogP contribution in [0.25, 0.3) is 10.9 Å². The van der Waals surface area contributed by atoms with Gasteiger partial charge in [0.15, 0.2) is 0 Å². The normalized spacial score (nSPS) is 32.1. The van der Waals surface area contributed by atoms with Crippen LogP contribution in [0.4, 0.5) is 0 Å². The van der Waals surface area contributed by atoms with E-state index in [9.17, 15) is 4.79 Å². The summed E-state index contributed by atoms with van der Waals surface area (Å²) in [5.74, 6) is 0.852. The predicted molar refractivity (Wildman–Crippen MR) is 115 cm³/mol. The van der Waals surface area contributed by atoms with E-state index < -0.39 is 5.41 Å². The van der Waals surface area contributed by atoms with Gasteiger partial charge >= 0.3 is 5.97 Å². The highest BCUT2D eigenvalue weighted by Crippen LogP contribution is 2.55. The third-order valence-electron chi connectivity index (χ3n) is 7.57. The molecule has 0 amide bonds. The molecule has 2 saturated heterocycles. The lowest BCUT2D eigenvalue weighted by Crippen LogP contribution is -2.67. The summed E-state index contributed by atoms with van der Waals surface area (Å²) in [4.78, 5) is 20.1. The highest BCUT2D eigenvalue weighted by molar-refractivity contribution is 5.91. The molecule has 0 radical (unpaired) electrons. The molecule has 1 aliphatic carbocycles. The fraction of sp³-hybridized carbons (Fsp3) is 0.625. The number of ether oxygens (including phenoxy) is 3. The van der Waals surface area contributed by atoms with Gasteiger partial charge in [0.25, 0.3) is 0 Å². The first-order valence-corrected chi connectivity index (χ1v) is 11.2. The Morgan fingerprint density at radius 1 is 1.20 bits per heavy atom. The molecule has 30 heavy (non-hydrogen) atoms. The van der Waals surface area contributed by atoms with E-state index in [4.69, 9.17) is 14.2 Å². The second-order valence-electron chi connectivity index (χ2n) is 9.16. The molecule has 2 aromatic rings. The topological polar surface area (TPSA) is 63.8 Å². The van der Waals surface area contributed by atoms with Gasteiger partial charge in [-0.2, -0.15) is 0 Å². The van der Waals surface area contributed by atoms with Crippen LogP contribution < -0.4 is 0 Å². The average molecular weight is 413 g/mol. The third kappa shape index (κ3) is 3.00. The van der Waals surface area contributed by atoms with Gasteiger partial charge in [0.05, 0.1) is 6.61 Å². The van der Waals surface area contributed by atoms with E-state index in [-0.39, 0.29) is 12.0 Å². The Bertz CT molecular complexity index is 925. The number of aromatic nitrogens is 1. The van der Waals surface area contributed by atoms with E-state index in [0.717, 1.165) is 50.2 Å². The van der Waals surface area contributed by atoms with E-state index >= 15 is 0 Å². The highest BCUT2D eigenvalue weighted by atomic mass is 16.6. The van der Waals surface area contributed by atoms with Crippen LogP contribution in [0.1, 0.15) is 30.5 Å². The number of hydrogen-bond donors (Lipinski definition) is 1. The standard InChI is InChI=1S/C24H32N2O4/c1-28-10-8-17-13-16-14-24(23(27)30-12-11-29-2)21-19(7-9-26(15-16)22(17)24)18-5-3-4-6-20(18)25-21/h3-6,16-17,22,25H,7-15H2,1-2H3/t16-,17+,22+,24-/m1/s1. The van der Waals surface area contributed by atoms with Gasteiger partial charge in [-0.05, 0) is 49.1 Å². The van der Waals surface area contributed by atoms with Gasteiger partial charge in [0, 0.05) is 56.6 Å². The molecule has 1 N–H and O–H groups in total. The maximum Gasteiger partial charge on any atom is 0.319 e. The van der Waals surface area contributed by atoms with Crippen molar-refractivity contribution >= 4 is 16.9 Å². The number of rotatable bonds is 7.